The van der Waals surface area contributed by atoms with E-state index in [1.54, 1.807) is 54.3 Å². The molecule has 1 aliphatic carbocycles. The van der Waals surface area contributed by atoms with Gasteiger partial charge in [0.15, 0.2) is 0 Å². The number of fused-ring (bicyclic) bond motifs is 4. The van der Waals surface area contributed by atoms with Crippen molar-refractivity contribution in [3.05, 3.63) is 143 Å². The van der Waals surface area contributed by atoms with Crippen LogP contribution in [0, 0.1) is 13.8 Å². The zero-order valence-electron chi connectivity index (χ0n) is 26.0. The van der Waals surface area contributed by atoms with Crippen molar-refractivity contribution in [3.8, 4) is 11.1 Å². The third-order valence-corrected chi connectivity index (χ3v) is 10.4. The molecule has 9 heteroatoms. The molecular formula is C38H33N3O5S. The predicted molar refractivity (Wildman–Crippen MR) is 184 cm³/mol. The van der Waals surface area contributed by atoms with Crippen LogP contribution in [0.2, 0.25) is 0 Å². The number of rotatable bonds is 7. The zero-order chi connectivity index (χ0) is 32.7. The summed E-state index contributed by atoms with van der Waals surface area (Å²) in [7, 11) is -3.91. The number of hydrogen-bond acceptors (Lipinski definition) is 5. The van der Waals surface area contributed by atoms with E-state index >= 15 is 0 Å². The van der Waals surface area contributed by atoms with E-state index in [1.807, 2.05) is 43.3 Å². The van der Waals surface area contributed by atoms with E-state index in [1.165, 1.54) is 6.07 Å². The molecule has 0 atom stereocenters. The van der Waals surface area contributed by atoms with Gasteiger partial charge in [-0.05, 0) is 95.6 Å². The minimum Gasteiger partial charge on any atom is -0.448 e. The molecule has 1 aliphatic heterocycles. The smallest absolute Gasteiger partial charge is 0.414 e. The van der Waals surface area contributed by atoms with E-state index in [9.17, 15) is 18.0 Å². The molecular weight excluding hydrogens is 611 g/mol. The lowest BCUT2D eigenvalue weighted by Gasteiger charge is -2.20. The topological polar surface area (TPSA) is 105 Å². The van der Waals surface area contributed by atoms with Crippen LogP contribution in [0.1, 0.15) is 44.1 Å². The summed E-state index contributed by atoms with van der Waals surface area (Å²) >= 11 is 0. The number of carbonyl (C=O) groups is 2. The number of amides is 2. The zero-order valence-corrected chi connectivity index (χ0v) is 26.8. The Bertz CT molecular complexity index is 2120. The Morgan fingerprint density at radius 2 is 1.51 bits per heavy atom. The SMILES string of the molecule is Cc1cccc(NS(=O)(=O)c2cc(NC(=O)c3cccc4c3CCN4C(=O)OCC3c4ccccc4-c4ccccc43)ccc2C)c1. The van der Waals surface area contributed by atoms with Crippen molar-refractivity contribution < 1.29 is 22.7 Å². The average Bonchev–Trinajstić information content (AvgIpc) is 3.64. The number of sulfonamides is 1. The molecule has 0 saturated heterocycles. The Morgan fingerprint density at radius 3 is 2.23 bits per heavy atom. The summed E-state index contributed by atoms with van der Waals surface area (Å²) in [6.07, 6.45) is 0.0227. The molecule has 5 aromatic rings. The van der Waals surface area contributed by atoms with Crippen LogP contribution in [0.5, 0.6) is 0 Å². The van der Waals surface area contributed by atoms with Gasteiger partial charge in [0, 0.05) is 29.4 Å². The van der Waals surface area contributed by atoms with Gasteiger partial charge in [0.05, 0.1) is 10.6 Å². The molecule has 0 fully saturated rings. The predicted octanol–water partition coefficient (Wildman–Crippen LogP) is 7.67. The van der Waals surface area contributed by atoms with Crippen LogP contribution in [0.3, 0.4) is 0 Å². The van der Waals surface area contributed by atoms with E-state index < -0.39 is 22.0 Å². The molecule has 0 radical (unpaired) electrons. The fraction of sp³-hybridized carbons (Fsp3) is 0.158. The van der Waals surface area contributed by atoms with Crippen LogP contribution in [-0.2, 0) is 21.2 Å². The standard InChI is InChI=1S/C38H33N3O5S/c1-24-9-7-10-27(21-24)40-47(44,45)36-22-26(18-17-25(36)2)39-37(42)33-15-8-16-35-32(33)19-20-41(35)38(43)46-23-34-30-13-5-3-11-28(30)29-12-4-6-14-31(29)34/h3-18,21-22,34,40H,19-20,23H2,1-2H3,(H,39,42). The fourth-order valence-corrected chi connectivity index (χ4v) is 7.91. The van der Waals surface area contributed by atoms with Gasteiger partial charge >= 0.3 is 6.09 Å². The van der Waals surface area contributed by atoms with Gasteiger partial charge in [-0.15, -0.1) is 0 Å². The van der Waals surface area contributed by atoms with Crippen LogP contribution in [0.25, 0.3) is 11.1 Å². The number of nitrogens with zero attached hydrogens (tertiary/aromatic N) is 1. The molecule has 2 N–H and O–H groups in total. The normalized spacial score (nSPS) is 13.4. The van der Waals surface area contributed by atoms with Gasteiger partial charge < -0.3 is 10.1 Å². The number of hydrogen-bond donors (Lipinski definition) is 2. The van der Waals surface area contributed by atoms with Crippen LogP contribution in [-0.4, -0.2) is 33.6 Å². The number of benzene rings is 5. The minimum absolute atomic E-state index is 0.0549. The van der Waals surface area contributed by atoms with E-state index in [0.717, 1.165) is 33.4 Å². The highest BCUT2D eigenvalue weighted by molar-refractivity contribution is 7.92. The molecule has 2 amide bonds. The Labute approximate surface area is 274 Å². The van der Waals surface area contributed by atoms with Crippen molar-refractivity contribution in [1.29, 1.82) is 0 Å². The summed E-state index contributed by atoms with van der Waals surface area (Å²) in [5, 5.41) is 2.86. The van der Waals surface area contributed by atoms with Crippen molar-refractivity contribution in [2.24, 2.45) is 0 Å². The van der Waals surface area contributed by atoms with Crippen LogP contribution in [0.15, 0.2) is 114 Å². The van der Waals surface area contributed by atoms with Gasteiger partial charge in [0.25, 0.3) is 15.9 Å². The number of ether oxygens (including phenoxy) is 1. The summed E-state index contributed by atoms with van der Waals surface area (Å²) in [5.74, 6) is -0.448. The summed E-state index contributed by atoms with van der Waals surface area (Å²) in [5.41, 5.74) is 8.65. The maximum Gasteiger partial charge on any atom is 0.414 e. The van der Waals surface area contributed by atoms with E-state index in [-0.39, 0.29) is 17.4 Å². The molecule has 47 heavy (non-hydrogen) atoms. The Balaban J connectivity index is 1.07. The second-order valence-electron chi connectivity index (χ2n) is 11.9. The van der Waals surface area contributed by atoms with Crippen molar-refractivity contribution >= 4 is 39.1 Å². The number of anilines is 3. The first-order valence-electron chi connectivity index (χ1n) is 15.5. The van der Waals surface area contributed by atoms with Crippen molar-refractivity contribution in [1.82, 2.24) is 0 Å². The molecule has 0 saturated carbocycles. The molecule has 0 unspecified atom stereocenters. The van der Waals surface area contributed by atoms with Crippen molar-refractivity contribution in [2.45, 2.75) is 31.1 Å². The highest BCUT2D eigenvalue weighted by Gasteiger charge is 2.33. The van der Waals surface area contributed by atoms with Gasteiger partial charge in [-0.25, -0.2) is 13.2 Å². The summed E-state index contributed by atoms with van der Waals surface area (Å²) in [6.45, 7) is 4.18. The van der Waals surface area contributed by atoms with Gasteiger partial charge in [-0.1, -0.05) is 72.8 Å². The molecule has 2 aliphatic rings. The first kappa shape index (κ1) is 30.3. The van der Waals surface area contributed by atoms with E-state index in [4.69, 9.17) is 4.74 Å². The Kier molecular flexibility index (Phi) is 7.77. The largest absolute Gasteiger partial charge is 0.448 e. The van der Waals surface area contributed by atoms with Crippen LogP contribution >= 0.6 is 0 Å². The lowest BCUT2D eigenvalue weighted by Crippen LogP contribution is -2.30. The van der Waals surface area contributed by atoms with Crippen LogP contribution < -0.4 is 14.9 Å². The fourth-order valence-electron chi connectivity index (χ4n) is 6.59. The summed E-state index contributed by atoms with van der Waals surface area (Å²) in [6, 6.07) is 33.5. The maximum atomic E-state index is 13.5. The molecule has 1 heterocycles. The van der Waals surface area contributed by atoms with E-state index in [2.05, 4.69) is 34.3 Å². The first-order valence-corrected chi connectivity index (χ1v) is 16.9. The molecule has 8 nitrogen and oxygen atoms in total. The Hall–Kier alpha value is -5.41. The lowest BCUT2D eigenvalue weighted by molar-refractivity contribution is 0.102. The third kappa shape index (κ3) is 5.74. The lowest BCUT2D eigenvalue weighted by atomic mass is 9.98. The molecule has 0 bridgehead atoms. The second kappa shape index (κ2) is 12.1. The van der Waals surface area contributed by atoms with E-state index in [0.29, 0.717) is 41.2 Å². The monoisotopic (exact) mass is 643 g/mol. The molecule has 0 spiro atoms. The number of aryl methyl sites for hydroxylation is 2. The van der Waals surface area contributed by atoms with Gasteiger partial charge in [0.1, 0.15) is 6.61 Å². The number of nitrogens with one attached hydrogen (secondary N) is 2. The Morgan fingerprint density at radius 1 is 0.809 bits per heavy atom. The molecule has 5 aromatic carbocycles. The molecule has 7 rings (SSSR count). The van der Waals surface area contributed by atoms with Crippen LogP contribution in [0.4, 0.5) is 21.9 Å². The second-order valence-corrected chi connectivity index (χ2v) is 13.6. The quantitative estimate of drug-likeness (QED) is 0.189. The highest BCUT2D eigenvalue weighted by Crippen LogP contribution is 2.44. The van der Waals surface area contributed by atoms with Gasteiger partial charge in [0.2, 0.25) is 0 Å². The number of carbonyl (C=O) groups excluding carboxylic acids is 2. The maximum absolute atomic E-state index is 13.5. The summed E-state index contributed by atoms with van der Waals surface area (Å²) < 4.78 is 35.1. The third-order valence-electron chi connectivity index (χ3n) is 8.83. The molecule has 236 valence electrons. The minimum atomic E-state index is -3.91. The first-order chi connectivity index (χ1) is 22.7. The highest BCUT2D eigenvalue weighted by atomic mass is 32.2. The van der Waals surface area contributed by atoms with Crippen molar-refractivity contribution in [2.75, 3.05) is 28.1 Å². The van der Waals surface area contributed by atoms with Gasteiger partial charge in [-0.2, -0.15) is 0 Å². The molecule has 0 aromatic heterocycles. The summed E-state index contributed by atoms with van der Waals surface area (Å²) in [4.78, 5) is 28.6. The average molecular weight is 644 g/mol. The van der Waals surface area contributed by atoms with Crippen molar-refractivity contribution in [3.63, 3.8) is 0 Å². The van der Waals surface area contributed by atoms with Gasteiger partial charge in [-0.3, -0.25) is 14.4 Å².